The van der Waals surface area contributed by atoms with Crippen LogP contribution >= 0.6 is 0 Å². The zero-order valence-electron chi connectivity index (χ0n) is 18.7. The summed E-state index contributed by atoms with van der Waals surface area (Å²) in [4.78, 5) is 27.8. The van der Waals surface area contributed by atoms with Crippen LogP contribution in [-0.4, -0.2) is 58.3 Å². The van der Waals surface area contributed by atoms with E-state index in [0.29, 0.717) is 43.4 Å². The molecule has 8 nitrogen and oxygen atoms in total. The normalized spacial score (nSPS) is 13.9. The zero-order chi connectivity index (χ0) is 24.7. The van der Waals surface area contributed by atoms with Crippen molar-refractivity contribution in [3.63, 3.8) is 0 Å². The molecule has 0 aliphatic carbocycles. The molecule has 0 bridgehead atoms. The third-order valence-corrected chi connectivity index (χ3v) is 5.35. The average molecular weight is 480 g/mol. The highest BCUT2D eigenvalue weighted by atomic mass is 19.4. The standard InChI is InChI=1S/C23H27F3N4O4/c1-33-18-5-3-17(4-6-18)30(9-8-21(27)31)15-22(32)28-19-14-16(23(24,25)26)2-7-20(19)29-10-12-34-13-11-29/h2-7,14H,8-13,15H2,1H3,(H2,27,31)(H,28,32). The summed E-state index contributed by atoms with van der Waals surface area (Å²) in [5.74, 6) is -0.456. The number of primary amides is 1. The molecule has 184 valence electrons. The molecule has 0 saturated carbocycles. The predicted octanol–water partition coefficient (Wildman–Crippen LogP) is 2.87. The summed E-state index contributed by atoms with van der Waals surface area (Å²) in [6.07, 6.45) is -4.55. The summed E-state index contributed by atoms with van der Waals surface area (Å²) in [5, 5.41) is 2.63. The Balaban J connectivity index is 1.83. The van der Waals surface area contributed by atoms with Gasteiger partial charge in [-0.2, -0.15) is 13.2 Å². The Morgan fingerprint density at radius 3 is 2.41 bits per heavy atom. The topological polar surface area (TPSA) is 97.1 Å². The van der Waals surface area contributed by atoms with Crippen molar-refractivity contribution in [2.45, 2.75) is 12.6 Å². The summed E-state index contributed by atoms with van der Waals surface area (Å²) in [6.45, 7) is 1.82. The monoisotopic (exact) mass is 480 g/mol. The summed E-state index contributed by atoms with van der Waals surface area (Å²) in [5.41, 5.74) is 5.59. The predicted molar refractivity (Wildman–Crippen MR) is 122 cm³/mol. The zero-order valence-corrected chi connectivity index (χ0v) is 18.7. The molecule has 1 aliphatic heterocycles. The minimum Gasteiger partial charge on any atom is -0.497 e. The van der Waals surface area contributed by atoms with E-state index in [2.05, 4.69) is 5.32 Å². The minimum atomic E-state index is -4.56. The highest BCUT2D eigenvalue weighted by Crippen LogP contribution is 2.36. The van der Waals surface area contributed by atoms with E-state index >= 15 is 0 Å². The molecule has 0 radical (unpaired) electrons. The Labute approximate surface area is 195 Å². The molecule has 2 aromatic rings. The molecular formula is C23H27F3N4O4. The summed E-state index contributed by atoms with van der Waals surface area (Å²) < 4.78 is 50.5. The van der Waals surface area contributed by atoms with Gasteiger partial charge in [0.25, 0.3) is 0 Å². The SMILES string of the molecule is COc1ccc(N(CCC(N)=O)CC(=O)Nc2cc(C(F)(F)F)ccc2N2CCOCC2)cc1. The van der Waals surface area contributed by atoms with Crippen molar-refractivity contribution < 1.29 is 32.2 Å². The van der Waals surface area contributed by atoms with Gasteiger partial charge in [-0.15, -0.1) is 0 Å². The molecule has 2 amide bonds. The third-order valence-electron chi connectivity index (χ3n) is 5.35. The van der Waals surface area contributed by atoms with Gasteiger partial charge in [0.1, 0.15) is 5.75 Å². The second kappa shape index (κ2) is 11.1. The number of nitrogens with one attached hydrogen (secondary N) is 1. The fourth-order valence-electron chi connectivity index (χ4n) is 3.59. The first kappa shape index (κ1) is 25.2. The molecule has 3 N–H and O–H groups in total. The Kier molecular flexibility index (Phi) is 8.21. The Bertz CT molecular complexity index is 993. The van der Waals surface area contributed by atoms with Crippen molar-refractivity contribution in [1.82, 2.24) is 0 Å². The molecule has 34 heavy (non-hydrogen) atoms. The van der Waals surface area contributed by atoms with Crippen LogP contribution < -0.4 is 25.6 Å². The molecule has 0 atom stereocenters. The molecule has 1 fully saturated rings. The van der Waals surface area contributed by atoms with Crippen LogP contribution in [0.25, 0.3) is 0 Å². The van der Waals surface area contributed by atoms with Gasteiger partial charge in [-0.05, 0) is 42.5 Å². The fourth-order valence-corrected chi connectivity index (χ4v) is 3.59. The molecule has 0 unspecified atom stereocenters. The Morgan fingerprint density at radius 1 is 1.15 bits per heavy atom. The van der Waals surface area contributed by atoms with Gasteiger partial charge in [-0.1, -0.05) is 0 Å². The molecule has 0 aromatic heterocycles. The number of carbonyl (C=O) groups is 2. The maximum absolute atomic E-state index is 13.3. The van der Waals surface area contributed by atoms with E-state index in [1.165, 1.54) is 13.2 Å². The molecule has 0 spiro atoms. The largest absolute Gasteiger partial charge is 0.497 e. The number of methoxy groups -OCH3 is 1. The summed E-state index contributed by atoms with van der Waals surface area (Å²) >= 11 is 0. The number of halogens is 3. The lowest BCUT2D eigenvalue weighted by molar-refractivity contribution is -0.137. The van der Waals surface area contributed by atoms with E-state index in [0.717, 1.165) is 12.1 Å². The maximum atomic E-state index is 13.3. The van der Waals surface area contributed by atoms with E-state index in [1.54, 1.807) is 29.2 Å². The molecule has 1 saturated heterocycles. The van der Waals surface area contributed by atoms with Crippen LogP contribution in [0.3, 0.4) is 0 Å². The molecule has 1 aliphatic rings. The number of ether oxygens (including phenoxy) is 2. The van der Waals surface area contributed by atoms with Crippen molar-refractivity contribution in [2.75, 3.05) is 61.6 Å². The number of alkyl halides is 3. The second-order valence-corrected chi connectivity index (χ2v) is 7.71. The summed E-state index contributed by atoms with van der Waals surface area (Å²) in [7, 11) is 1.52. The van der Waals surface area contributed by atoms with Crippen LogP contribution in [0.4, 0.5) is 30.2 Å². The first-order valence-corrected chi connectivity index (χ1v) is 10.7. The number of hydrogen-bond acceptors (Lipinski definition) is 6. The quantitative estimate of drug-likeness (QED) is 0.573. The lowest BCUT2D eigenvalue weighted by Gasteiger charge is -2.31. The van der Waals surface area contributed by atoms with Crippen LogP contribution in [0.5, 0.6) is 5.75 Å². The first-order chi connectivity index (χ1) is 16.2. The van der Waals surface area contributed by atoms with Gasteiger partial charge in [0.2, 0.25) is 11.8 Å². The van der Waals surface area contributed by atoms with E-state index in [4.69, 9.17) is 15.2 Å². The Hall–Kier alpha value is -3.47. The fraction of sp³-hybridized carbons (Fsp3) is 0.391. The van der Waals surface area contributed by atoms with Gasteiger partial charge < -0.3 is 30.3 Å². The highest BCUT2D eigenvalue weighted by Gasteiger charge is 2.32. The number of hydrogen-bond donors (Lipinski definition) is 2. The van der Waals surface area contributed by atoms with E-state index in [-0.39, 0.29) is 25.2 Å². The van der Waals surface area contributed by atoms with E-state index in [9.17, 15) is 22.8 Å². The van der Waals surface area contributed by atoms with Crippen molar-refractivity contribution in [3.05, 3.63) is 48.0 Å². The molecule has 3 rings (SSSR count). The summed E-state index contributed by atoms with van der Waals surface area (Å²) in [6, 6.07) is 10.1. The second-order valence-electron chi connectivity index (χ2n) is 7.71. The molecule has 11 heteroatoms. The van der Waals surface area contributed by atoms with Crippen LogP contribution in [0.1, 0.15) is 12.0 Å². The van der Waals surface area contributed by atoms with Gasteiger partial charge in [0.15, 0.2) is 0 Å². The number of nitrogens with two attached hydrogens (primary N) is 1. The molecular weight excluding hydrogens is 453 g/mol. The van der Waals surface area contributed by atoms with E-state index < -0.39 is 23.6 Å². The number of rotatable bonds is 9. The highest BCUT2D eigenvalue weighted by molar-refractivity contribution is 5.97. The smallest absolute Gasteiger partial charge is 0.416 e. The minimum absolute atomic E-state index is 0.00188. The van der Waals surface area contributed by atoms with Crippen molar-refractivity contribution in [2.24, 2.45) is 5.73 Å². The van der Waals surface area contributed by atoms with Gasteiger partial charge >= 0.3 is 6.18 Å². The van der Waals surface area contributed by atoms with Gasteiger partial charge in [-0.25, -0.2) is 0 Å². The molecule has 1 heterocycles. The van der Waals surface area contributed by atoms with Crippen LogP contribution in [0.2, 0.25) is 0 Å². The molecule has 2 aromatic carbocycles. The van der Waals surface area contributed by atoms with Crippen LogP contribution in [0, 0.1) is 0 Å². The van der Waals surface area contributed by atoms with Gasteiger partial charge in [-0.3, -0.25) is 9.59 Å². The average Bonchev–Trinajstić information content (AvgIpc) is 2.81. The maximum Gasteiger partial charge on any atom is 0.416 e. The number of carbonyl (C=O) groups excluding carboxylic acids is 2. The lowest BCUT2D eigenvalue weighted by atomic mass is 10.1. The Morgan fingerprint density at radius 2 is 1.82 bits per heavy atom. The van der Waals surface area contributed by atoms with Crippen molar-refractivity contribution >= 4 is 28.9 Å². The number of amides is 2. The third kappa shape index (κ3) is 6.77. The number of anilines is 3. The van der Waals surface area contributed by atoms with Crippen LogP contribution in [0.15, 0.2) is 42.5 Å². The van der Waals surface area contributed by atoms with Crippen molar-refractivity contribution in [1.29, 1.82) is 0 Å². The van der Waals surface area contributed by atoms with Gasteiger partial charge in [0.05, 0.1) is 43.8 Å². The van der Waals surface area contributed by atoms with Crippen molar-refractivity contribution in [3.8, 4) is 5.75 Å². The first-order valence-electron chi connectivity index (χ1n) is 10.7. The van der Waals surface area contributed by atoms with E-state index in [1.807, 2.05) is 4.90 Å². The van der Waals surface area contributed by atoms with Crippen LogP contribution in [-0.2, 0) is 20.5 Å². The number of nitrogens with zero attached hydrogens (tertiary/aromatic N) is 2. The number of benzene rings is 2. The lowest BCUT2D eigenvalue weighted by Crippen LogP contribution is -2.38. The van der Waals surface area contributed by atoms with Gasteiger partial charge in [0, 0.05) is 31.7 Å². The number of morpholine rings is 1.